The lowest BCUT2D eigenvalue weighted by Crippen LogP contribution is -2.83. The summed E-state index contributed by atoms with van der Waals surface area (Å²) in [6, 6.07) is 3.08. The molecule has 1 aromatic carbocycles. The molecular weight excluding hydrogens is 374 g/mol. The largest absolute Gasteiger partial charge is 0.504 e. The maximum Gasteiger partial charge on any atom is 0.220 e. The third-order valence-corrected chi connectivity index (χ3v) is 8.64. The number of carbonyl (C=O) groups is 1. The van der Waals surface area contributed by atoms with Gasteiger partial charge < -0.3 is 32.6 Å². The number of phenols is 1. The molecule has 3 aliphatic carbocycles. The number of quaternary nitrogens is 1. The summed E-state index contributed by atoms with van der Waals surface area (Å²) in [6.07, 6.45) is 0.849. The lowest BCUT2D eigenvalue weighted by molar-refractivity contribution is -0.994. The Morgan fingerprint density at radius 1 is 1.21 bits per heavy atom. The molecule has 5 aliphatic rings. The summed E-state index contributed by atoms with van der Waals surface area (Å²) in [4.78, 5) is 12.8. The minimum atomic E-state index is -1.24. The first kappa shape index (κ1) is 19.3. The van der Waals surface area contributed by atoms with Crippen molar-refractivity contribution in [3.05, 3.63) is 30.7 Å². The van der Waals surface area contributed by atoms with Crippen LogP contribution in [0.25, 0.3) is 0 Å². The Morgan fingerprint density at radius 2 is 1.93 bits per heavy atom. The minimum Gasteiger partial charge on any atom is -0.504 e. The van der Waals surface area contributed by atoms with E-state index < -0.39 is 28.9 Å². The molecule has 2 bridgehead atoms. The average Bonchev–Trinajstić information content (AvgIpc) is 3.30. The molecule has 2 aliphatic heterocycles. The van der Waals surface area contributed by atoms with Crippen LogP contribution in [-0.4, -0.2) is 73.9 Å². The van der Waals surface area contributed by atoms with Crippen LogP contribution in [-0.2, 0) is 16.6 Å². The molecule has 7 nitrogen and oxygen atoms in total. The van der Waals surface area contributed by atoms with Gasteiger partial charge in [-0.1, -0.05) is 6.07 Å². The van der Waals surface area contributed by atoms with Crippen LogP contribution in [0.3, 0.4) is 0 Å². The van der Waals surface area contributed by atoms with Crippen molar-refractivity contribution in [1.29, 1.82) is 0 Å². The minimum absolute atomic E-state index is 0. The molecular formula is C22H29NO6. The van der Waals surface area contributed by atoms with Crippen molar-refractivity contribution >= 4 is 5.78 Å². The zero-order valence-corrected chi connectivity index (χ0v) is 16.9. The van der Waals surface area contributed by atoms with Crippen LogP contribution in [0, 0.1) is 7.43 Å². The molecule has 0 radical (unpaired) electrons. The van der Waals surface area contributed by atoms with Crippen molar-refractivity contribution < 1.29 is 34.4 Å². The van der Waals surface area contributed by atoms with Gasteiger partial charge in [0.15, 0.2) is 23.4 Å². The summed E-state index contributed by atoms with van der Waals surface area (Å²) >= 11 is 0. The number of rotatable bonds is 2. The van der Waals surface area contributed by atoms with Gasteiger partial charge in [0.1, 0.15) is 17.2 Å². The Kier molecular flexibility index (Phi) is 3.54. The first-order chi connectivity index (χ1) is 13.2. The van der Waals surface area contributed by atoms with Gasteiger partial charge in [0.25, 0.3) is 0 Å². The summed E-state index contributed by atoms with van der Waals surface area (Å²) in [5.74, 6) is 0.308. The van der Waals surface area contributed by atoms with E-state index in [-0.39, 0.29) is 35.9 Å². The van der Waals surface area contributed by atoms with E-state index >= 15 is 0 Å². The fourth-order valence-electron chi connectivity index (χ4n) is 7.00. The molecule has 0 amide bonds. The molecule has 1 aromatic rings. The molecule has 2 heterocycles. The van der Waals surface area contributed by atoms with Gasteiger partial charge in [-0.2, -0.15) is 0 Å². The number of ketones is 1. The fourth-order valence-corrected chi connectivity index (χ4v) is 7.00. The maximum atomic E-state index is 12.8. The second-order valence-corrected chi connectivity index (χ2v) is 9.83. The maximum absolute atomic E-state index is 12.8. The molecule has 6 atom stereocenters. The summed E-state index contributed by atoms with van der Waals surface area (Å²) in [6.45, 7) is 0.526. The summed E-state index contributed by atoms with van der Waals surface area (Å²) in [5.41, 5.74) is -1.48. The van der Waals surface area contributed by atoms with Crippen LogP contribution in [0.5, 0.6) is 11.5 Å². The fraction of sp³-hybridized carbons (Fsp3) is 0.636. The Balaban J connectivity index is 0.00000181. The topological polar surface area (TPSA) is 107 Å². The van der Waals surface area contributed by atoms with Crippen molar-refractivity contribution in [2.75, 3.05) is 13.6 Å². The smallest absolute Gasteiger partial charge is 0.220 e. The number of likely N-dealkylation sites (N-methyl/N-ethyl adjacent to an activating group) is 1. The van der Waals surface area contributed by atoms with Gasteiger partial charge in [-0.25, -0.2) is 0 Å². The van der Waals surface area contributed by atoms with Crippen molar-refractivity contribution in [3.63, 3.8) is 0 Å². The third-order valence-electron chi connectivity index (χ3n) is 8.64. The van der Waals surface area contributed by atoms with Crippen LogP contribution >= 0.6 is 0 Å². The highest BCUT2D eigenvalue weighted by atomic mass is 16.5. The van der Waals surface area contributed by atoms with E-state index in [2.05, 4.69) is 0 Å². The first-order valence-electron chi connectivity index (χ1n) is 10.2. The molecule has 7 heteroatoms. The Labute approximate surface area is 170 Å². The highest BCUT2D eigenvalue weighted by Crippen LogP contribution is 2.66. The van der Waals surface area contributed by atoms with Crippen molar-refractivity contribution in [2.24, 2.45) is 0 Å². The average molecular weight is 403 g/mol. The Hall–Kier alpha value is -1.67. The number of hydrogen-bond acceptors (Lipinski definition) is 6. The van der Waals surface area contributed by atoms with Gasteiger partial charge >= 0.3 is 0 Å². The zero-order chi connectivity index (χ0) is 19.7. The number of aliphatic hydroxyl groups excluding tert-OH is 1. The SMILES string of the molecule is C[N@+]1(C(O)C2(O)CC2)CC[C@]23c4c5ccc(O)c4O[C@H]2C(=O)CC[C@@]3(O)[C@H]1C5.[CH3-]. The van der Waals surface area contributed by atoms with E-state index in [0.29, 0.717) is 44.4 Å². The first-order valence-corrected chi connectivity index (χ1v) is 10.2. The monoisotopic (exact) mass is 403 g/mol. The number of likely N-dealkylation sites (tertiary alicyclic amines) is 1. The number of aliphatic hydroxyl groups is 3. The predicted octanol–water partition coefficient (Wildman–Crippen LogP) is 0.554. The molecule has 29 heavy (non-hydrogen) atoms. The molecule has 2 saturated carbocycles. The van der Waals surface area contributed by atoms with Crippen molar-refractivity contribution in [3.8, 4) is 11.5 Å². The number of carbonyl (C=O) groups excluding carboxylic acids is 1. The van der Waals surface area contributed by atoms with Crippen molar-refractivity contribution in [1.82, 2.24) is 0 Å². The van der Waals surface area contributed by atoms with Gasteiger partial charge in [-0.05, 0) is 30.9 Å². The number of nitrogens with zero attached hydrogens (tertiary/aromatic N) is 1. The highest BCUT2D eigenvalue weighted by Gasteiger charge is 2.78. The second kappa shape index (κ2) is 5.32. The zero-order valence-electron chi connectivity index (χ0n) is 16.9. The molecule has 1 spiro atoms. The molecule has 6 rings (SSSR count). The van der Waals surface area contributed by atoms with Gasteiger partial charge in [0.05, 0.1) is 19.0 Å². The lowest BCUT2D eigenvalue weighted by atomic mass is 9.48. The van der Waals surface area contributed by atoms with E-state index in [1.54, 1.807) is 6.07 Å². The van der Waals surface area contributed by atoms with Crippen LogP contribution in [0.1, 0.15) is 43.2 Å². The van der Waals surface area contributed by atoms with Gasteiger partial charge in [-0.3, -0.25) is 9.28 Å². The van der Waals surface area contributed by atoms with Gasteiger partial charge in [0, 0.05) is 24.8 Å². The highest BCUT2D eigenvalue weighted by molar-refractivity contribution is 5.90. The Morgan fingerprint density at radius 3 is 2.62 bits per heavy atom. The van der Waals surface area contributed by atoms with Crippen molar-refractivity contribution in [2.45, 2.75) is 73.5 Å². The second-order valence-electron chi connectivity index (χ2n) is 9.83. The standard InChI is InChI=1S/C21H25NO6.CH3/c1-22(18(25)19(26)6-7-19)9-8-20-15-11-2-3-12(23)16(15)28-17(20)13(24)4-5-21(20,27)14(22)10-11;/h2-3,14,17-18,25-27H,4-10H2,1H3;1H3/q;-1/p+1/t14-,17+,18?,20+,21-,22+;/m1./s1. The normalized spacial score (nSPS) is 43.7. The number of Topliss-reactive ketones (excluding diaryl/α,β-unsaturated/α-hetero) is 1. The van der Waals surface area contributed by atoms with Crippen LogP contribution < -0.4 is 4.74 Å². The van der Waals surface area contributed by atoms with E-state index in [9.17, 15) is 25.2 Å². The van der Waals surface area contributed by atoms with E-state index in [1.807, 2.05) is 13.1 Å². The Bertz CT molecular complexity index is 928. The quantitative estimate of drug-likeness (QED) is 0.425. The molecule has 1 unspecified atom stereocenters. The van der Waals surface area contributed by atoms with E-state index in [0.717, 1.165) is 11.1 Å². The number of phenolic OH excluding ortho intramolecular Hbond substituents is 1. The van der Waals surface area contributed by atoms with Gasteiger partial charge in [0.2, 0.25) is 6.23 Å². The number of benzene rings is 1. The number of piperidine rings is 1. The lowest BCUT2D eigenvalue weighted by Gasteiger charge is -2.65. The third kappa shape index (κ3) is 1.91. The molecule has 1 saturated heterocycles. The van der Waals surface area contributed by atoms with E-state index in [1.165, 1.54) is 0 Å². The van der Waals surface area contributed by atoms with E-state index in [4.69, 9.17) is 4.74 Å². The van der Waals surface area contributed by atoms with Crippen LogP contribution in [0.15, 0.2) is 12.1 Å². The molecule has 3 fully saturated rings. The van der Waals surface area contributed by atoms with Crippen LogP contribution in [0.4, 0.5) is 0 Å². The molecule has 0 aromatic heterocycles. The van der Waals surface area contributed by atoms with Crippen LogP contribution in [0.2, 0.25) is 0 Å². The number of aromatic hydroxyl groups is 1. The summed E-state index contributed by atoms with van der Waals surface area (Å²) in [7, 11) is 1.92. The molecule has 4 N–H and O–H groups in total. The number of ether oxygens (including phenoxy) is 1. The summed E-state index contributed by atoms with van der Waals surface area (Å²) in [5, 5.41) is 44.4. The summed E-state index contributed by atoms with van der Waals surface area (Å²) < 4.78 is 6.19. The predicted molar refractivity (Wildman–Crippen MR) is 103 cm³/mol. The molecule has 158 valence electrons. The number of hydrogen-bond donors (Lipinski definition) is 4. The van der Waals surface area contributed by atoms with Gasteiger partial charge in [-0.15, -0.1) is 0 Å².